The minimum Gasteiger partial charge on any atom is -0.492 e. The maximum Gasteiger partial charge on any atom is 0.203 e. The monoisotopic (exact) mass is 448 g/mol. The van der Waals surface area contributed by atoms with E-state index >= 15 is 0 Å². The van der Waals surface area contributed by atoms with Crippen molar-refractivity contribution >= 4 is 45.2 Å². The molecule has 0 spiro atoms. The molecule has 90 valence electrons. The number of hydrogen-bond donors (Lipinski definition) is 0. The molecule has 0 N–H and O–H groups in total. The van der Waals surface area contributed by atoms with E-state index in [4.69, 9.17) is 14.2 Å². The Balaban J connectivity index is 3.47. The molecule has 1 aromatic rings. The highest BCUT2D eigenvalue weighted by Gasteiger charge is 2.19. The first-order valence-corrected chi connectivity index (χ1v) is 7.71. The Morgan fingerprint density at radius 1 is 0.812 bits per heavy atom. The molecule has 3 nitrogen and oxygen atoms in total. The van der Waals surface area contributed by atoms with Crippen molar-refractivity contribution in [2.75, 3.05) is 21.3 Å². The number of benzene rings is 1. The van der Waals surface area contributed by atoms with Crippen molar-refractivity contribution in [3.05, 3.63) is 17.2 Å². The third-order valence-electron chi connectivity index (χ3n) is 2.24. The first kappa shape index (κ1) is 14.1. The van der Waals surface area contributed by atoms with Gasteiger partial charge in [0.2, 0.25) is 5.75 Å². The molecule has 0 atom stereocenters. The van der Waals surface area contributed by atoms with Crippen molar-refractivity contribution in [3.8, 4) is 17.2 Å². The molecule has 0 bridgehead atoms. The molecular weight excluding hydrogens is 434 g/mol. The van der Waals surface area contributed by atoms with Crippen LogP contribution in [0.2, 0.25) is 0 Å². The second kappa shape index (κ2) is 6.73. The van der Waals surface area contributed by atoms with Crippen LogP contribution in [0.15, 0.2) is 6.07 Å². The summed E-state index contributed by atoms with van der Waals surface area (Å²) in [6.07, 6.45) is 0. The van der Waals surface area contributed by atoms with Crippen molar-refractivity contribution in [3.63, 3.8) is 0 Å². The van der Waals surface area contributed by atoms with Crippen LogP contribution in [0.1, 0.15) is 11.1 Å². The summed E-state index contributed by atoms with van der Waals surface area (Å²) in [4.78, 5) is 0. The molecule has 0 saturated heterocycles. The lowest BCUT2D eigenvalue weighted by Crippen LogP contribution is -2.00. The Kier molecular flexibility index (Phi) is 5.95. The third kappa shape index (κ3) is 2.66. The lowest BCUT2D eigenvalue weighted by molar-refractivity contribution is 0.321. The highest BCUT2D eigenvalue weighted by Crippen LogP contribution is 2.44. The molecule has 0 amide bonds. The zero-order chi connectivity index (χ0) is 12.1. The number of rotatable bonds is 5. The van der Waals surface area contributed by atoms with Gasteiger partial charge in [0.25, 0.3) is 0 Å². The van der Waals surface area contributed by atoms with E-state index in [2.05, 4.69) is 51.2 Å². The highest BCUT2D eigenvalue weighted by atomic mass is 127. The lowest BCUT2D eigenvalue weighted by Gasteiger charge is -2.17. The van der Waals surface area contributed by atoms with Gasteiger partial charge in [0, 0.05) is 20.0 Å². The van der Waals surface area contributed by atoms with Crippen LogP contribution in [-0.2, 0) is 8.86 Å². The predicted molar refractivity (Wildman–Crippen MR) is 81.5 cm³/mol. The van der Waals surface area contributed by atoms with Gasteiger partial charge < -0.3 is 14.2 Å². The van der Waals surface area contributed by atoms with Gasteiger partial charge >= 0.3 is 0 Å². The van der Waals surface area contributed by atoms with Crippen LogP contribution >= 0.6 is 45.2 Å². The summed E-state index contributed by atoms with van der Waals surface area (Å²) < 4.78 is 17.9. The summed E-state index contributed by atoms with van der Waals surface area (Å²) in [6, 6.07) is 2.11. The standard InChI is InChI=1S/C11H14I2O3/c1-14-9-7(5-12)4-8(6-13)10(15-2)11(9)16-3/h4H,5-6H2,1-3H3. The van der Waals surface area contributed by atoms with Gasteiger partial charge in [-0.3, -0.25) is 0 Å². The molecule has 0 radical (unpaired) electrons. The van der Waals surface area contributed by atoms with Crippen LogP contribution in [0, 0.1) is 0 Å². The Labute approximate surface area is 123 Å². The van der Waals surface area contributed by atoms with Crippen LogP contribution in [-0.4, -0.2) is 21.3 Å². The molecule has 0 aliphatic carbocycles. The Morgan fingerprint density at radius 2 is 1.19 bits per heavy atom. The second-order valence-electron chi connectivity index (χ2n) is 3.06. The van der Waals surface area contributed by atoms with E-state index in [1.807, 2.05) is 0 Å². The first-order chi connectivity index (χ1) is 7.73. The van der Waals surface area contributed by atoms with E-state index in [9.17, 15) is 0 Å². The van der Waals surface area contributed by atoms with Crippen LogP contribution in [0.3, 0.4) is 0 Å². The Hall–Kier alpha value is 0.0800. The molecule has 0 aliphatic rings. The quantitative estimate of drug-likeness (QED) is 0.510. The Bertz CT molecular complexity index is 336. The third-order valence-corrected chi connectivity index (χ3v) is 3.89. The molecule has 1 rings (SSSR count). The maximum absolute atomic E-state index is 5.39. The van der Waals surface area contributed by atoms with Crippen molar-refractivity contribution in [1.29, 1.82) is 0 Å². The first-order valence-electron chi connectivity index (χ1n) is 4.66. The van der Waals surface area contributed by atoms with E-state index in [0.29, 0.717) is 5.75 Å². The average molecular weight is 448 g/mol. The second-order valence-corrected chi connectivity index (χ2v) is 4.59. The molecule has 0 unspecified atom stereocenters. The van der Waals surface area contributed by atoms with Gasteiger partial charge in [0.05, 0.1) is 21.3 Å². The van der Waals surface area contributed by atoms with Crippen molar-refractivity contribution in [2.45, 2.75) is 8.86 Å². The van der Waals surface area contributed by atoms with Crippen molar-refractivity contribution in [1.82, 2.24) is 0 Å². The largest absolute Gasteiger partial charge is 0.492 e. The highest BCUT2D eigenvalue weighted by molar-refractivity contribution is 14.1. The molecular formula is C11H14I2O3. The van der Waals surface area contributed by atoms with Gasteiger partial charge in [-0.05, 0) is 6.07 Å². The van der Waals surface area contributed by atoms with Gasteiger partial charge in [-0.25, -0.2) is 0 Å². The topological polar surface area (TPSA) is 27.7 Å². The zero-order valence-electron chi connectivity index (χ0n) is 9.47. The fourth-order valence-electron chi connectivity index (χ4n) is 1.57. The maximum atomic E-state index is 5.39. The smallest absolute Gasteiger partial charge is 0.203 e. The summed E-state index contributed by atoms with van der Waals surface area (Å²) in [5.41, 5.74) is 2.26. The predicted octanol–water partition coefficient (Wildman–Crippen LogP) is 3.58. The van der Waals surface area contributed by atoms with Crippen molar-refractivity contribution < 1.29 is 14.2 Å². The van der Waals surface area contributed by atoms with Gasteiger partial charge in [0.1, 0.15) is 0 Å². The summed E-state index contributed by atoms with van der Waals surface area (Å²) in [5.74, 6) is 2.22. The molecule has 16 heavy (non-hydrogen) atoms. The normalized spacial score (nSPS) is 10.1. The van der Waals surface area contributed by atoms with E-state index in [-0.39, 0.29) is 0 Å². The number of hydrogen-bond acceptors (Lipinski definition) is 3. The molecule has 1 aromatic carbocycles. The molecule has 0 heterocycles. The minimum atomic E-state index is 0.686. The zero-order valence-corrected chi connectivity index (χ0v) is 13.8. The van der Waals surface area contributed by atoms with Crippen LogP contribution in [0.25, 0.3) is 0 Å². The van der Waals surface area contributed by atoms with E-state index in [1.165, 1.54) is 0 Å². The summed E-state index contributed by atoms with van der Waals surface area (Å²) in [6.45, 7) is 0. The molecule has 5 heteroatoms. The van der Waals surface area contributed by atoms with E-state index in [1.54, 1.807) is 21.3 Å². The Morgan fingerprint density at radius 3 is 1.44 bits per heavy atom. The number of ether oxygens (including phenoxy) is 3. The van der Waals surface area contributed by atoms with Gasteiger partial charge in [-0.1, -0.05) is 45.2 Å². The SMILES string of the molecule is COc1c(CI)cc(CI)c(OC)c1OC. The molecule has 0 fully saturated rings. The average Bonchev–Trinajstić information content (AvgIpc) is 2.35. The molecule has 0 aliphatic heterocycles. The molecule has 0 aromatic heterocycles. The van der Waals surface area contributed by atoms with Gasteiger partial charge in [0.15, 0.2) is 11.5 Å². The summed E-state index contributed by atoms with van der Waals surface area (Å²) in [5, 5.41) is 0. The summed E-state index contributed by atoms with van der Waals surface area (Å²) >= 11 is 4.63. The van der Waals surface area contributed by atoms with Crippen molar-refractivity contribution in [2.24, 2.45) is 0 Å². The fourth-order valence-corrected chi connectivity index (χ4v) is 2.70. The number of methoxy groups -OCH3 is 3. The summed E-state index contributed by atoms with van der Waals surface area (Å²) in [7, 11) is 4.93. The van der Waals surface area contributed by atoms with Crippen LogP contribution in [0.5, 0.6) is 17.2 Å². The van der Waals surface area contributed by atoms with Gasteiger partial charge in [-0.2, -0.15) is 0 Å². The van der Waals surface area contributed by atoms with Crippen LogP contribution in [0.4, 0.5) is 0 Å². The fraction of sp³-hybridized carbons (Fsp3) is 0.455. The molecule has 0 saturated carbocycles. The van der Waals surface area contributed by atoms with E-state index < -0.39 is 0 Å². The number of alkyl halides is 2. The van der Waals surface area contributed by atoms with Gasteiger partial charge in [-0.15, -0.1) is 0 Å². The number of halogens is 2. The lowest BCUT2D eigenvalue weighted by atomic mass is 10.1. The minimum absolute atomic E-state index is 0.686. The van der Waals surface area contributed by atoms with E-state index in [0.717, 1.165) is 31.5 Å². The van der Waals surface area contributed by atoms with Crippen LogP contribution < -0.4 is 14.2 Å².